The number of anilines is 1. The Labute approximate surface area is 214 Å². The summed E-state index contributed by atoms with van der Waals surface area (Å²) in [7, 11) is 2.87. The number of rotatable bonds is 6. The Morgan fingerprint density at radius 3 is 2.43 bits per heavy atom. The minimum absolute atomic E-state index is 0.205. The average molecular weight is 493 g/mol. The quantitative estimate of drug-likeness (QED) is 0.300. The van der Waals surface area contributed by atoms with Gasteiger partial charge in [0.15, 0.2) is 0 Å². The van der Waals surface area contributed by atoms with Gasteiger partial charge in [-0.3, -0.25) is 10.3 Å². The third kappa shape index (κ3) is 6.71. The minimum atomic E-state index is -0.542. The van der Waals surface area contributed by atoms with Gasteiger partial charge in [0.25, 0.3) is 0 Å². The molecular weight excluding hydrogens is 468 g/mol. The number of hydrogen-bond donors (Lipinski definition) is 2. The minimum Gasteiger partial charge on any atom is -0.496 e. The summed E-state index contributed by atoms with van der Waals surface area (Å²) in [5.74, 6) is 6.49. The van der Waals surface area contributed by atoms with E-state index in [1.165, 1.54) is 13.2 Å². The first-order valence-electron chi connectivity index (χ1n) is 11.4. The second-order valence-corrected chi connectivity index (χ2v) is 7.81. The molecule has 184 valence electrons. The molecule has 2 aromatic heterocycles. The molecule has 0 saturated carbocycles. The highest BCUT2D eigenvalue weighted by atomic mass is 16.5. The Balaban J connectivity index is 1.52. The van der Waals surface area contributed by atoms with E-state index in [1.54, 1.807) is 25.6 Å². The van der Waals surface area contributed by atoms with Gasteiger partial charge in [0, 0.05) is 41.2 Å². The normalized spacial score (nSPS) is 10.0. The van der Waals surface area contributed by atoms with Crippen LogP contribution in [0.3, 0.4) is 0 Å². The number of esters is 1. The number of para-hydroxylation sites is 1. The van der Waals surface area contributed by atoms with Gasteiger partial charge < -0.3 is 14.8 Å². The highest BCUT2D eigenvalue weighted by Gasteiger charge is 2.14. The third-order valence-electron chi connectivity index (χ3n) is 5.31. The Kier molecular flexibility index (Phi) is 8.09. The van der Waals surface area contributed by atoms with Gasteiger partial charge in [-0.05, 0) is 42.5 Å². The second kappa shape index (κ2) is 12.0. The summed E-state index contributed by atoms with van der Waals surface area (Å²) in [6, 6.07) is 21.1. The first kappa shape index (κ1) is 24.9. The molecule has 2 amide bonds. The number of carbonyl (C=O) groups is 2. The van der Waals surface area contributed by atoms with Gasteiger partial charge in [0.2, 0.25) is 0 Å². The highest BCUT2D eigenvalue weighted by molar-refractivity contribution is 5.94. The van der Waals surface area contributed by atoms with E-state index < -0.39 is 12.0 Å². The van der Waals surface area contributed by atoms with Crippen LogP contribution in [-0.4, -0.2) is 36.2 Å². The summed E-state index contributed by atoms with van der Waals surface area (Å²) in [6.45, 7) is 0.251. The number of amides is 2. The number of methoxy groups -OCH3 is 2. The van der Waals surface area contributed by atoms with Gasteiger partial charge in [-0.25, -0.2) is 14.6 Å². The van der Waals surface area contributed by atoms with Crippen LogP contribution in [0.15, 0.2) is 85.2 Å². The summed E-state index contributed by atoms with van der Waals surface area (Å²) >= 11 is 0. The molecule has 0 unspecified atom stereocenters. The first-order chi connectivity index (χ1) is 18.1. The van der Waals surface area contributed by atoms with E-state index in [-0.39, 0.29) is 17.9 Å². The Bertz CT molecular complexity index is 1460. The lowest BCUT2D eigenvalue weighted by molar-refractivity contribution is 0.0600. The summed E-state index contributed by atoms with van der Waals surface area (Å²) in [5, 5.41) is 5.46. The average Bonchev–Trinajstić information content (AvgIpc) is 2.95. The van der Waals surface area contributed by atoms with Gasteiger partial charge >= 0.3 is 12.0 Å². The Morgan fingerprint density at radius 2 is 1.70 bits per heavy atom. The largest absolute Gasteiger partial charge is 0.496 e. The lowest BCUT2D eigenvalue weighted by Gasteiger charge is -2.12. The SMILES string of the molecule is COC(=O)c1cc(NC(=O)NCc2ccccc2OC)nc(-c2ccc(C#Cc3cccnc3)cc2)c1. The van der Waals surface area contributed by atoms with Crippen LogP contribution in [0.25, 0.3) is 11.3 Å². The van der Waals surface area contributed by atoms with Crippen molar-refractivity contribution in [1.82, 2.24) is 15.3 Å². The molecule has 4 aromatic rings. The molecule has 0 aliphatic carbocycles. The van der Waals surface area contributed by atoms with Crippen molar-refractivity contribution in [1.29, 1.82) is 0 Å². The molecule has 0 atom stereocenters. The predicted octanol–water partition coefficient (Wildman–Crippen LogP) is 4.66. The number of carbonyl (C=O) groups excluding carboxylic acids is 2. The van der Waals surface area contributed by atoms with Crippen molar-refractivity contribution in [3.8, 4) is 28.8 Å². The van der Waals surface area contributed by atoms with Crippen LogP contribution >= 0.6 is 0 Å². The number of urea groups is 1. The number of ether oxygens (including phenoxy) is 2. The fraction of sp³-hybridized carbons (Fsp3) is 0.103. The summed E-state index contributed by atoms with van der Waals surface area (Å²) < 4.78 is 10.2. The lowest BCUT2D eigenvalue weighted by atomic mass is 10.1. The summed E-state index contributed by atoms with van der Waals surface area (Å²) in [6.07, 6.45) is 3.40. The van der Waals surface area contributed by atoms with Crippen LogP contribution in [0, 0.1) is 11.8 Å². The third-order valence-corrected chi connectivity index (χ3v) is 5.31. The van der Waals surface area contributed by atoms with E-state index in [0.29, 0.717) is 11.4 Å². The molecule has 2 heterocycles. The summed E-state index contributed by atoms with van der Waals surface area (Å²) in [4.78, 5) is 33.4. The van der Waals surface area contributed by atoms with Crippen LogP contribution in [-0.2, 0) is 11.3 Å². The number of hydrogen-bond acceptors (Lipinski definition) is 6. The predicted molar refractivity (Wildman–Crippen MR) is 140 cm³/mol. The van der Waals surface area contributed by atoms with Crippen LogP contribution < -0.4 is 15.4 Å². The molecule has 0 fully saturated rings. The van der Waals surface area contributed by atoms with Gasteiger partial charge in [-0.2, -0.15) is 0 Å². The van der Waals surface area contributed by atoms with E-state index in [1.807, 2.05) is 60.7 Å². The Hall–Kier alpha value is -5.16. The number of nitrogens with zero attached hydrogens (tertiary/aromatic N) is 2. The van der Waals surface area contributed by atoms with Gasteiger partial charge in [0.1, 0.15) is 11.6 Å². The smallest absolute Gasteiger partial charge is 0.338 e. The monoisotopic (exact) mass is 492 g/mol. The van der Waals surface area contributed by atoms with E-state index in [0.717, 1.165) is 22.3 Å². The topological polar surface area (TPSA) is 102 Å². The molecule has 0 radical (unpaired) electrons. The van der Waals surface area contributed by atoms with Crippen molar-refractivity contribution < 1.29 is 19.1 Å². The molecular formula is C29H24N4O4. The Morgan fingerprint density at radius 1 is 0.919 bits per heavy atom. The van der Waals surface area contributed by atoms with E-state index in [4.69, 9.17) is 9.47 Å². The molecule has 0 aliphatic rings. The zero-order chi connectivity index (χ0) is 26.0. The van der Waals surface area contributed by atoms with Crippen LogP contribution in [0.1, 0.15) is 27.0 Å². The van der Waals surface area contributed by atoms with Crippen molar-refractivity contribution >= 4 is 17.8 Å². The molecule has 0 bridgehead atoms. The molecule has 0 saturated heterocycles. The van der Waals surface area contributed by atoms with Crippen LogP contribution in [0.5, 0.6) is 5.75 Å². The zero-order valence-corrected chi connectivity index (χ0v) is 20.3. The zero-order valence-electron chi connectivity index (χ0n) is 20.3. The molecule has 0 aliphatic heterocycles. The maximum Gasteiger partial charge on any atom is 0.338 e. The standard InChI is InChI=1S/C29H24N4O4/c1-36-26-8-4-3-7-23(26)19-31-29(35)33-27-17-24(28(34)37-2)16-25(32-27)22-13-11-20(12-14-22)9-10-21-6-5-15-30-18-21/h3-8,11-18H,19H2,1-2H3,(H2,31,32,33,35). The first-order valence-corrected chi connectivity index (χ1v) is 11.4. The molecule has 37 heavy (non-hydrogen) atoms. The second-order valence-electron chi connectivity index (χ2n) is 7.81. The number of benzene rings is 2. The lowest BCUT2D eigenvalue weighted by Crippen LogP contribution is -2.29. The molecule has 4 rings (SSSR count). The van der Waals surface area contributed by atoms with E-state index in [9.17, 15) is 9.59 Å². The number of aromatic nitrogens is 2. The van der Waals surface area contributed by atoms with Gasteiger partial charge in [-0.1, -0.05) is 42.2 Å². The molecule has 2 N–H and O–H groups in total. The molecule has 2 aromatic carbocycles. The fourth-order valence-corrected chi connectivity index (χ4v) is 3.47. The van der Waals surface area contributed by atoms with E-state index >= 15 is 0 Å². The van der Waals surface area contributed by atoms with E-state index in [2.05, 4.69) is 32.4 Å². The number of pyridine rings is 2. The van der Waals surface area contributed by atoms with Gasteiger partial charge in [-0.15, -0.1) is 0 Å². The van der Waals surface area contributed by atoms with Crippen molar-refractivity contribution in [3.63, 3.8) is 0 Å². The molecule has 8 nitrogen and oxygen atoms in total. The van der Waals surface area contributed by atoms with Gasteiger partial charge in [0.05, 0.1) is 25.5 Å². The van der Waals surface area contributed by atoms with Crippen LogP contribution in [0.2, 0.25) is 0 Å². The van der Waals surface area contributed by atoms with Crippen molar-refractivity contribution in [3.05, 3.63) is 107 Å². The maximum atomic E-state index is 12.6. The maximum absolute atomic E-state index is 12.6. The van der Waals surface area contributed by atoms with Crippen LogP contribution in [0.4, 0.5) is 10.6 Å². The van der Waals surface area contributed by atoms with Crippen molar-refractivity contribution in [2.24, 2.45) is 0 Å². The highest BCUT2D eigenvalue weighted by Crippen LogP contribution is 2.23. The fourth-order valence-electron chi connectivity index (χ4n) is 3.47. The number of nitrogens with one attached hydrogen (secondary N) is 2. The molecule has 0 spiro atoms. The van der Waals surface area contributed by atoms with Crippen molar-refractivity contribution in [2.45, 2.75) is 6.54 Å². The van der Waals surface area contributed by atoms with Crippen molar-refractivity contribution in [2.75, 3.05) is 19.5 Å². The summed E-state index contributed by atoms with van der Waals surface area (Å²) in [5.41, 5.74) is 3.95. The molecule has 8 heteroatoms.